The van der Waals surface area contributed by atoms with Crippen molar-refractivity contribution in [1.82, 2.24) is 78.1 Å². The molecule has 12 rings (SSSR count). The number of fused-ring (bicyclic) bond motifs is 4. The number of aliphatic hydroxyl groups excluding tert-OH is 8. The maximum atomic E-state index is 10.8. The highest BCUT2D eigenvalue weighted by Gasteiger charge is 2.49. The lowest BCUT2D eigenvalue weighted by molar-refractivity contribution is -0.0504. The van der Waals surface area contributed by atoms with Crippen LogP contribution in [0.3, 0.4) is 0 Å². The summed E-state index contributed by atoms with van der Waals surface area (Å²) in [4.78, 5) is 120. The standard InChI is InChI=1S/C11H17N6O7P.C11H16N5O7P.C10H12ClN4O7P.C10H13N8O7P/c1-13-8-5-9(16-11(12)15-8)17(3-14-5)10-7(19)6(18)4(24-10)2-23-25(20,21)22;1-12-9-6-10(14-3-13-9)16(4-15-6)11-8(18)7(17)5(23-11)2-22-24(19,20)21;11-8-5-9(13-2-12-8)15(3-14-5)10-7(17)6(16)4(22-10)1-21-23(18,19)20;11-7-4-8(14-2-13-7)18(10(15-4)16-17-12)9-6(20)5(19)3(25-9)1-24-26(21,22)23/h3-4,6-7,10,18-19H,2H2,1H3,(H2,20,21,22)(H3,12,13,15,16);3-5,7-8,11,17-18H,2H2,1H3,(H,12,13,14)(H2,19,20,21);2-4,6-7,10,16-17H,1H2,(H2,18,19,20);2-3,5-6,9,19-20H,1H2,(H2,11,13,14)(H2,21,22,23)/t4-,6-,7-,10-;5-,7-,8-,11-;4-,6-,7-,10-;3-,5-,6-,9-/m1111/s1. The molecule has 8 aromatic rings. The van der Waals surface area contributed by atoms with Crippen molar-refractivity contribution in [2.75, 3.05) is 62.6 Å². The minimum atomic E-state index is -4.81. The van der Waals surface area contributed by atoms with E-state index in [1.165, 1.54) is 45.3 Å². The van der Waals surface area contributed by atoms with Crippen LogP contribution in [-0.4, -0.2) is 272 Å². The van der Waals surface area contributed by atoms with Gasteiger partial charge in [-0.15, -0.1) is 0 Å². The lowest BCUT2D eigenvalue weighted by Gasteiger charge is -2.18. The third kappa shape index (κ3) is 17.0. The highest BCUT2D eigenvalue weighted by atomic mass is 35.5. The Bertz CT molecular complexity index is 4380. The summed E-state index contributed by atoms with van der Waals surface area (Å²) in [6, 6.07) is 0. The lowest BCUT2D eigenvalue weighted by Crippen LogP contribution is -2.33. The number of anilines is 4. The number of nitrogens with one attached hydrogen (secondary N) is 2. The average molecular weight is 1490 g/mol. The van der Waals surface area contributed by atoms with E-state index in [4.69, 9.17) is 86.7 Å². The van der Waals surface area contributed by atoms with E-state index in [0.29, 0.717) is 28.3 Å². The highest BCUT2D eigenvalue weighted by molar-refractivity contribution is 7.47. The van der Waals surface area contributed by atoms with E-state index in [0.717, 1.165) is 10.9 Å². The SMILES string of the molecule is CNc1nc(N)nc2c1ncn2[C@@H]1O[C@H](COP(=O)(O)O)[C@@H](O)[C@H]1O.CNc1ncnc2c1ncn2[C@@H]1O[C@H](COP(=O)(O)O)[C@@H](O)[C@H]1O.O=P(O)(O)OC[C@H]1O[C@@H](n2cnc3c(Cl)ncnc32)[C@H](O)[C@@H]1O.[N-]=[N+]=Nc1nc2c(N)ncnc2n1[C@@H]1O[C@H](COP(=O)(O)O)[C@@H](O)[C@H]1O. The summed E-state index contributed by atoms with van der Waals surface area (Å²) < 4.78 is 87.4. The second-order valence-electron chi connectivity index (χ2n) is 20.5. The van der Waals surface area contributed by atoms with Gasteiger partial charge in [0.15, 0.2) is 81.1 Å². The predicted octanol–water partition coefficient (Wildman–Crippen LogP) is -4.94. The van der Waals surface area contributed by atoms with Crippen LogP contribution in [0.5, 0.6) is 0 Å². The molecule has 0 radical (unpaired) electrons. The number of nitrogens with zero attached hydrogens (tertiary/aromatic N) is 19. The van der Waals surface area contributed by atoms with Gasteiger partial charge >= 0.3 is 31.3 Å². The van der Waals surface area contributed by atoms with Crippen LogP contribution >= 0.6 is 42.9 Å². The van der Waals surface area contributed by atoms with Crippen LogP contribution in [0.1, 0.15) is 24.9 Å². The number of ether oxygens (including phenoxy) is 4. The molecule has 0 aromatic carbocycles. The Morgan fingerprint density at radius 2 is 0.857 bits per heavy atom. The van der Waals surface area contributed by atoms with Crippen molar-refractivity contribution >= 4 is 117 Å². The zero-order chi connectivity index (χ0) is 71.7. The van der Waals surface area contributed by atoms with Crippen molar-refractivity contribution in [3.63, 3.8) is 0 Å². The van der Waals surface area contributed by atoms with Gasteiger partial charge in [0.25, 0.3) is 0 Å². The average Bonchev–Trinajstić information content (AvgIpc) is 1.63. The molecule has 56 heteroatoms. The zero-order valence-electron chi connectivity index (χ0n) is 49.4. The molecule has 4 aliphatic rings. The van der Waals surface area contributed by atoms with Crippen molar-refractivity contribution < 1.29 is 135 Å². The van der Waals surface area contributed by atoms with E-state index in [-0.39, 0.29) is 50.8 Å². The molecule has 16 atom stereocenters. The molecule has 12 heterocycles. The Kier molecular flexibility index (Phi) is 23.3. The maximum Gasteiger partial charge on any atom is 0.469 e. The van der Waals surface area contributed by atoms with Crippen LogP contribution in [0.2, 0.25) is 5.15 Å². The van der Waals surface area contributed by atoms with Crippen molar-refractivity contribution in [3.05, 3.63) is 53.6 Å². The third-order valence-corrected chi connectivity index (χ3v) is 16.5. The number of rotatable bonds is 19. The van der Waals surface area contributed by atoms with Crippen LogP contribution in [0.4, 0.5) is 29.4 Å². The molecule has 0 spiro atoms. The molecule has 0 unspecified atom stereocenters. The van der Waals surface area contributed by atoms with Gasteiger partial charge in [0.2, 0.25) is 11.9 Å². The first-order chi connectivity index (χ1) is 46.0. The number of azide groups is 1. The summed E-state index contributed by atoms with van der Waals surface area (Å²) in [6.07, 6.45) is -13.2. The van der Waals surface area contributed by atoms with E-state index in [1.54, 1.807) is 14.1 Å². The number of aromatic nitrogens is 16. The van der Waals surface area contributed by atoms with Crippen LogP contribution in [0, 0.1) is 0 Å². The number of phosphoric acid groups is 4. The Morgan fingerprint density at radius 1 is 0.490 bits per heavy atom. The summed E-state index contributed by atoms with van der Waals surface area (Å²) in [6.45, 7) is -2.48. The molecule has 4 aliphatic heterocycles. The van der Waals surface area contributed by atoms with Crippen LogP contribution in [0.15, 0.2) is 43.1 Å². The Labute approximate surface area is 548 Å². The first-order valence-electron chi connectivity index (χ1n) is 27.3. The molecular formula is C42H58ClN23O28P4. The fraction of sp³-hybridized carbons (Fsp3) is 0.524. The number of imidazole rings is 4. The fourth-order valence-electron chi connectivity index (χ4n) is 9.84. The van der Waals surface area contributed by atoms with Crippen molar-refractivity contribution in [2.24, 2.45) is 5.11 Å². The first kappa shape index (κ1) is 75.2. The van der Waals surface area contributed by atoms with Gasteiger partial charge in [0.05, 0.1) is 45.4 Å². The van der Waals surface area contributed by atoms with Gasteiger partial charge in [-0.25, -0.2) is 68.1 Å². The topological polar surface area (TPSA) is 765 Å². The number of hydrogen-bond acceptors (Lipinski definition) is 37. The summed E-state index contributed by atoms with van der Waals surface area (Å²) in [5, 5.41) is 90.0. The monoisotopic (exact) mass is 1490 g/mol. The van der Waals surface area contributed by atoms with Gasteiger partial charge in [-0.05, 0) is 10.6 Å². The number of aliphatic hydroxyl groups is 8. The second-order valence-corrected chi connectivity index (χ2v) is 25.8. The molecule has 22 N–H and O–H groups in total. The van der Waals surface area contributed by atoms with Crippen molar-refractivity contribution in [3.8, 4) is 0 Å². The molecule has 0 saturated carbocycles. The van der Waals surface area contributed by atoms with Crippen molar-refractivity contribution in [2.45, 2.75) is 98.2 Å². The molecule has 98 heavy (non-hydrogen) atoms. The highest BCUT2D eigenvalue weighted by Crippen LogP contribution is 2.44. The van der Waals surface area contributed by atoms with Gasteiger partial charge in [-0.3, -0.25) is 36.4 Å². The molecule has 4 fully saturated rings. The largest absolute Gasteiger partial charge is 0.469 e. The molecule has 536 valence electrons. The van der Waals surface area contributed by atoms with E-state index < -0.39 is 156 Å². The normalized spacial score (nSPS) is 27.3. The molecule has 8 aromatic heterocycles. The molecule has 4 saturated heterocycles. The zero-order valence-corrected chi connectivity index (χ0v) is 53.7. The van der Waals surface area contributed by atoms with Gasteiger partial charge in [-0.1, -0.05) is 11.6 Å². The minimum absolute atomic E-state index is 0.0162. The smallest absolute Gasteiger partial charge is 0.387 e. The number of hydrogen-bond donors (Lipinski definition) is 20. The summed E-state index contributed by atoms with van der Waals surface area (Å²) in [5.41, 5.74) is 22.2. The number of halogens is 1. The Morgan fingerprint density at radius 3 is 1.29 bits per heavy atom. The van der Waals surface area contributed by atoms with Gasteiger partial charge in [0, 0.05) is 19.0 Å². The van der Waals surface area contributed by atoms with Crippen LogP contribution in [0.25, 0.3) is 55.1 Å². The van der Waals surface area contributed by atoms with E-state index in [1.807, 2.05) is 0 Å². The van der Waals surface area contributed by atoms with Crippen LogP contribution in [-0.2, 0) is 55.3 Å². The number of phosphoric ester groups is 4. The van der Waals surface area contributed by atoms with E-state index in [9.17, 15) is 59.1 Å². The molecular weight excluding hydrogens is 1430 g/mol. The molecule has 0 bridgehead atoms. The summed E-state index contributed by atoms with van der Waals surface area (Å²) in [7, 11) is -15.7. The molecule has 0 aliphatic carbocycles. The lowest BCUT2D eigenvalue weighted by atomic mass is 10.1. The van der Waals surface area contributed by atoms with Gasteiger partial charge in [-0.2, -0.15) is 9.97 Å². The Balaban J connectivity index is 0.000000153. The van der Waals surface area contributed by atoms with Gasteiger partial charge in [0.1, 0.15) is 103 Å². The summed E-state index contributed by atoms with van der Waals surface area (Å²) >= 11 is 5.88. The maximum absolute atomic E-state index is 10.8. The number of nitrogen functional groups attached to an aromatic ring is 2. The molecule has 51 nitrogen and oxygen atoms in total. The third-order valence-electron chi connectivity index (χ3n) is 14.3. The Hall–Kier alpha value is -7.04. The van der Waals surface area contributed by atoms with Crippen LogP contribution < -0.4 is 22.1 Å². The first-order valence-corrected chi connectivity index (χ1v) is 33.8. The predicted molar refractivity (Wildman–Crippen MR) is 319 cm³/mol. The van der Waals surface area contributed by atoms with Crippen molar-refractivity contribution in [1.29, 1.82) is 0 Å². The summed E-state index contributed by atoms with van der Waals surface area (Å²) in [5.74, 6) is 0.539. The van der Waals surface area contributed by atoms with E-state index in [2.05, 4.69) is 98.6 Å². The number of nitrogens with two attached hydrogens (primary N) is 2. The van der Waals surface area contributed by atoms with E-state index >= 15 is 0 Å². The van der Waals surface area contributed by atoms with Gasteiger partial charge < -0.3 is 121 Å². The minimum Gasteiger partial charge on any atom is -0.387 e. The second kappa shape index (κ2) is 30.4. The molecule has 0 amide bonds. The quantitative estimate of drug-likeness (QED) is 0.0119. The fourth-order valence-corrected chi connectivity index (χ4v) is 11.4.